The van der Waals surface area contributed by atoms with E-state index in [1.165, 1.54) is 5.56 Å². The monoisotopic (exact) mass is 251 g/mol. The van der Waals surface area contributed by atoms with Crippen LogP contribution in [0.25, 0.3) is 11.3 Å². The van der Waals surface area contributed by atoms with E-state index in [4.69, 9.17) is 5.26 Å². The Bertz CT molecular complexity index is 594. The van der Waals surface area contributed by atoms with Gasteiger partial charge in [-0.1, -0.05) is 31.2 Å². The Morgan fingerprint density at radius 1 is 1.16 bits per heavy atom. The van der Waals surface area contributed by atoms with Gasteiger partial charge in [0.1, 0.15) is 5.82 Å². The summed E-state index contributed by atoms with van der Waals surface area (Å²) in [6.07, 6.45) is 2.10. The molecule has 0 aliphatic carbocycles. The van der Waals surface area contributed by atoms with Gasteiger partial charge < -0.3 is 0 Å². The van der Waals surface area contributed by atoms with Crippen LogP contribution in [0.3, 0.4) is 0 Å². The number of nitriles is 1. The molecule has 1 heterocycles. The second-order valence-electron chi connectivity index (χ2n) is 4.52. The fourth-order valence-electron chi connectivity index (χ4n) is 1.97. The number of aromatic nitrogens is 2. The van der Waals surface area contributed by atoms with Gasteiger partial charge >= 0.3 is 0 Å². The van der Waals surface area contributed by atoms with Crippen LogP contribution in [0.15, 0.2) is 30.3 Å². The van der Waals surface area contributed by atoms with Crippen molar-refractivity contribution < 1.29 is 0 Å². The number of benzene rings is 1. The van der Waals surface area contributed by atoms with Gasteiger partial charge in [-0.3, -0.25) is 0 Å². The Labute approximate surface area is 114 Å². The third-order valence-electron chi connectivity index (χ3n) is 3.02. The van der Waals surface area contributed by atoms with Crippen molar-refractivity contribution in [2.45, 2.75) is 33.1 Å². The molecule has 0 aliphatic rings. The topological polar surface area (TPSA) is 49.6 Å². The van der Waals surface area contributed by atoms with Crippen molar-refractivity contribution in [3.63, 3.8) is 0 Å². The van der Waals surface area contributed by atoms with Gasteiger partial charge in [0.05, 0.1) is 11.8 Å². The first-order valence-corrected chi connectivity index (χ1v) is 6.53. The molecule has 0 amide bonds. The molecule has 0 radical (unpaired) electrons. The van der Waals surface area contributed by atoms with E-state index in [9.17, 15) is 0 Å². The van der Waals surface area contributed by atoms with E-state index in [-0.39, 0.29) is 0 Å². The Morgan fingerprint density at radius 3 is 2.53 bits per heavy atom. The average molecular weight is 251 g/mol. The molecular weight excluding hydrogens is 234 g/mol. The van der Waals surface area contributed by atoms with E-state index in [0.29, 0.717) is 12.8 Å². The molecule has 0 saturated heterocycles. The molecule has 2 rings (SSSR count). The highest BCUT2D eigenvalue weighted by Crippen LogP contribution is 2.19. The molecule has 0 spiro atoms. The number of aryl methyl sites for hydroxylation is 3. The van der Waals surface area contributed by atoms with Crippen LogP contribution in [0.4, 0.5) is 0 Å². The van der Waals surface area contributed by atoms with E-state index in [2.05, 4.69) is 47.2 Å². The van der Waals surface area contributed by atoms with Crippen molar-refractivity contribution >= 4 is 0 Å². The molecule has 2 aromatic rings. The zero-order valence-electron chi connectivity index (χ0n) is 11.3. The maximum Gasteiger partial charge on any atom is 0.130 e. The summed E-state index contributed by atoms with van der Waals surface area (Å²) in [5, 5.41) is 8.64. The van der Waals surface area contributed by atoms with E-state index in [1.54, 1.807) is 0 Å². The Balaban J connectivity index is 2.32. The highest BCUT2D eigenvalue weighted by Gasteiger charge is 2.04. The molecular formula is C16H17N3. The van der Waals surface area contributed by atoms with Crippen molar-refractivity contribution in [1.29, 1.82) is 5.26 Å². The summed E-state index contributed by atoms with van der Waals surface area (Å²) in [6.45, 7) is 4.10. The van der Waals surface area contributed by atoms with E-state index < -0.39 is 0 Å². The number of hydrogen-bond donors (Lipinski definition) is 0. The molecule has 1 aromatic carbocycles. The normalized spacial score (nSPS) is 10.2. The summed E-state index contributed by atoms with van der Waals surface area (Å²) in [5.41, 5.74) is 4.29. The summed E-state index contributed by atoms with van der Waals surface area (Å²) in [6, 6.07) is 12.6. The van der Waals surface area contributed by atoms with E-state index in [1.807, 2.05) is 13.0 Å². The highest BCUT2D eigenvalue weighted by molar-refractivity contribution is 5.59. The summed E-state index contributed by atoms with van der Waals surface area (Å²) < 4.78 is 0. The first kappa shape index (κ1) is 13.2. The zero-order chi connectivity index (χ0) is 13.7. The minimum atomic E-state index is 0.456. The van der Waals surface area contributed by atoms with Gasteiger partial charge in [-0.15, -0.1) is 0 Å². The molecule has 0 atom stereocenters. The van der Waals surface area contributed by atoms with Gasteiger partial charge in [-0.05, 0) is 25.0 Å². The van der Waals surface area contributed by atoms with Crippen LogP contribution < -0.4 is 0 Å². The third-order valence-corrected chi connectivity index (χ3v) is 3.02. The maximum absolute atomic E-state index is 8.64. The maximum atomic E-state index is 8.64. The van der Waals surface area contributed by atoms with Crippen LogP contribution in [0.5, 0.6) is 0 Å². The molecule has 96 valence electrons. The lowest BCUT2D eigenvalue weighted by atomic mass is 10.1. The van der Waals surface area contributed by atoms with Gasteiger partial charge in [0.25, 0.3) is 0 Å². The van der Waals surface area contributed by atoms with Gasteiger partial charge in [-0.2, -0.15) is 5.26 Å². The smallest absolute Gasteiger partial charge is 0.130 e. The highest BCUT2D eigenvalue weighted by atomic mass is 14.9. The molecule has 19 heavy (non-hydrogen) atoms. The molecule has 0 aliphatic heterocycles. The standard InChI is InChI=1S/C16H17N3/c1-3-13-6-8-14(9-7-13)15-11-12(2)18-16(19-15)5-4-10-17/h6-9,11H,3-5H2,1-2H3. The lowest BCUT2D eigenvalue weighted by Gasteiger charge is -2.06. The fraction of sp³-hybridized carbons (Fsp3) is 0.312. The van der Waals surface area contributed by atoms with Crippen molar-refractivity contribution in [3.05, 3.63) is 47.4 Å². The molecule has 0 fully saturated rings. The Morgan fingerprint density at radius 2 is 1.89 bits per heavy atom. The van der Waals surface area contributed by atoms with Crippen molar-refractivity contribution in [2.24, 2.45) is 0 Å². The van der Waals surface area contributed by atoms with Gasteiger partial charge in [0.15, 0.2) is 0 Å². The van der Waals surface area contributed by atoms with E-state index >= 15 is 0 Å². The van der Waals surface area contributed by atoms with Crippen LogP contribution in [-0.2, 0) is 12.8 Å². The number of hydrogen-bond acceptors (Lipinski definition) is 3. The summed E-state index contributed by atoms with van der Waals surface area (Å²) in [7, 11) is 0. The lowest BCUT2D eigenvalue weighted by Crippen LogP contribution is -1.99. The van der Waals surface area contributed by atoms with Crippen molar-refractivity contribution in [1.82, 2.24) is 9.97 Å². The number of rotatable bonds is 4. The fourth-order valence-corrected chi connectivity index (χ4v) is 1.97. The van der Waals surface area contributed by atoms with Gasteiger partial charge in [0.2, 0.25) is 0 Å². The molecule has 3 nitrogen and oxygen atoms in total. The molecule has 0 N–H and O–H groups in total. The second-order valence-corrected chi connectivity index (χ2v) is 4.52. The zero-order valence-corrected chi connectivity index (χ0v) is 11.3. The lowest BCUT2D eigenvalue weighted by molar-refractivity contribution is 0.873. The predicted octanol–water partition coefficient (Wildman–Crippen LogP) is 3.47. The summed E-state index contributed by atoms with van der Waals surface area (Å²) >= 11 is 0. The van der Waals surface area contributed by atoms with Crippen molar-refractivity contribution in [3.8, 4) is 17.3 Å². The van der Waals surface area contributed by atoms with Gasteiger partial charge in [0, 0.05) is 24.1 Å². The van der Waals surface area contributed by atoms with Crippen molar-refractivity contribution in [2.75, 3.05) is 0 Å². The molecule has 0 unspecified atom stereocenters. The third kappa shape index (κ3) is 3.38. The molecule has 1 aromatic heterocycles. The predicted molar refractivity (Wildman–Crippen MR) is 75.5 cm³/mol. The minimum Gasteiger partial charge on any atom is -0.238 e. The second kappa shape index (κ2) is 6.10. The minimum absolute atomic E-state index is 0.456. The van der Waals surface area contributed by atoms with Crippen LogP contribution in [0, 0.1) is 18.3 Å². The quantitative estimate of drug-likeness (QED) is 0.836. The summed E-state index contributed by atoms with van der Waals surface area (Å²) in [4.78, 5) is 8.90. The SMILES string of the molecule is CCc1ccc(-c2cc(C)nc(CCC#N)n2)cc1. The summed E-state index contributed by atoms with van der Waals surface area (Å²) in [5.74, 6) is 0.746. The first-order valence-electron chi connectivity index (χ1n) is 6.53. The molecule has 0 saturated carbocycles. The average Bonchev–Trinajstić information content (AvgIpc) is 2.44. The van der Waals surface area contributed by atoms with Crippen LogP contribution in [0.2, 0.25) is 0 Å². The van der Waals surface area contributed by atoms with Crippen LogP contribution >= 0.6 is 0 Å². The molecule has 0 bridgehead atoms. The van der Waals surface area contributed by atoms with Crippen LogP contribution in [-0.4, -0.2) is 9.97 Å². The van der Waals surface area contributed by atoms with Gasteiger partial charge in [-0.25, -0.2) is 9.97 Å². The Kier molecular flexibility index (Phi) is 4.25. The Hall–Kier alpha value is -2.21. The largest absolute Gasteiger partial charge is 0.238 e. The van der Waals surface area contributed by atoms with Crippen LogP contribution in [0.1, 0.15) is 30.4 Å². The molecule has 3 heteroatoms. The first-order chi connectivity index (χ1) is 9.22. The van der Waals surface area contributed by atoms with E-state index in [0.717, 1.165) is 29.2 Å². The number of nitrogens with zero attached hydrogens (tertiary/aromatic N) is 3.